The molecule has 0 unspecified atom stereocenters. The molecule has 0 spiro atoms. The van der Waals surface area contributed by atoms with Crippen LogP contribution >= 0.6 is 0 Å². The normalized spacial score (nSPS) is 16.7. The number of nitrogens with zero attached hydrogens (tertiary/aromatic N) is 6. The molecule has 0 amide bonds. The van der Waals surface area contributed by atoms with Crippen LogP contribution in [0.3, 0.4) is 0 Å². The highest BCUT2D eigenvalue weighted by Gasteiger charge is 2.29. The second-order valence-corrected chi connectivity index (χ2v) is 6.81. The van der Waals surface area contributed by atoms with Gasteiger partial charge >= 0.3 is 0 Å². The van der Waals surface area contributed by atoms with E-state index in [9.17, 15) is 0 Å². The van der Waals surface area contributed by atoms with E-state index in [2.05, 4.69) is 36.4 Å². The van der Waals surface area contributed by atoms with Crippen molar-refractivity contribution in [3.8, 4) is 0 Å². The van der Waals surface area contributed by atoms with Crippen molar-refractivity contribution in [3.05, 3.63) is 29.6 Å². The van der Waals surface area contributed by atoms with Gasteiger partial charge in [-0.2, -0.15) is 10.1 Å². The molecule has 2 aliphatic rings. The summed E-state index contributed by atoms with van der Waals surface area (Å²) in [5.41, 5.74) is 2.57. The molecular formula is C17H23N7. The number of hydrogen-bond acceptors (Lipinski definition) is 7. The third kappa shape index (κ3) is 2.98. The van der Waals surface area contributed by atoms with Crippen LogP contribution in [-0.4, -0.2) is 53.9 Å². The molecule has 1 fully saturated rings. The van der Waals surface area contributed by atoms with Crippen molar-refractivity contribution >= 4 is 17.6 Å². The molecule has 3 heterocycles. The lowest BCUT2D eigenvalue weighted by atomic mass is 10.00. The first-order valence-electron chi connectivity index (χ1n) is 8.54. The van der Waals surface area contributed by atoms with Crippen molar-refractivity contribution in [2.75, 3.05) is 48.8 Å². The molecule has 126 valence electrons. The van der Waals surface area contributed by atoms with Crippen LogP contribution in [0.4, 0.5) is 17.6 Å². The quantitative estimate of drug-likeness (QED) is 0.890. The summed E-state index contributed by atoms with van der Waals surface area (Å²) >= 11 is 0. The lowest BCUT2D eigenvalue weighted by Crippen LogP contribution is -2.50. The van der Waals surface area contributed by atoms with Crippen molar-refractivity contribution in [2.45, 2.75) is 19.3 Å². The molecule has 7 nitrogen and oxygen atoms in total. The van der Waals surface area contributed by atoms with E-state index in [0.717, 1.165) is 44.1 Å². The summed E-state index contributed by atoms with van der Waals surface area (Å²) in [4.78, 5) is 13.0. The largest absolute Gasteiger partial charge is 0.363 e. The summed E-state index contributed by atoms with van der Waals surface area (Å²) in [6.07, 6.45) is 5.24. The van der Waals surface area contributed by atoms with Gasteiger partial charge in [0.05, 0.1) is 5.69 Å². The van der Waals surface area contributed by atoms with Gasteiger partial charge < -0.3 is 15.1 Å². The monoisotopic (exact) mass is 325 g/mol. The molecule has 2 aromatic heterocycles. The lowest BCUT2D eigenvalue weighted by Gasteiger charge is -2.40. The third-order valence-corrected chi connectivity index (χ3v) is 4.74. The maximum absolute atomic E-state index is 4.49. The molecule has 0 bridgehead atoms. The van der Waals surface area contributed by atoms with E-state index in [1.807, 2.05) is 25.1 Å². The number of rotatable bonds is 5. The molecule has 24 heavy (non-hydrogen) atoms. The first kappa shape index (κ1) is 15.1. The van der Waals surface area contributed by atoms with Crippen molar-refractivity contribution in [2.24, 2.45) is 5.92 Å². The fourth-order valence-electron chi connectivity index (χ4n) is 3.28. The fraction of sp³-hybridized carbons (Fsp3) is 0.529. The first-order chi connectivity index (χ1) is 11.7. The Hall–Kier alpha value is -2.44. The van der Waals surface area contributed by atoms with Gasteiger partial charge in [0.2, 0.25) is 5.95 Å². The molecule has 0 atom stereocenters. The van der Waals surface area contributed by atoms with Crippen LogP contribution in [0.25, 0.3) is 0 Å². The zero-order chi connectivity index (χ0) is 16.5. The highest BCUT2D eigenvalue weighted by Crippen LogP contribution is 2.27. The number of fused-ring (bicyclic) bond motifs is 1. The Kier molecular flexibility index (Phi) is 3.92. The molecule has 0 saturated carbocycles. The van der Waals surface area contributed by atoms with Crippen LogP contribution in [-0.2, 0) is 12.8 Å². The van der Waals surface area contributed by atoms with Gasteiger partial charge in [0.15, 0.2) is 5.82 Å². The predicted molar refractivity (Wildman–Crippen MR) is 94.6 cm³/mol. The Morgan fingerprint density at radius 1 is 1.25 bits per heavy atom. The van der Waals surface area contributed by atoms with E-state index in [0.29, 0.717) is 11.9 Å². The summed E-state index contributed by atoms with van der Waals surface area (Å²) in [6, 6.07) is 4.13. The topological polar surface area (TPSA) is 70.1 Å². The summed E-state index contributed by atoms with van der Waals surface area (Å²) in [7, 11) is 3.96. The summed E-state index contributed by atoms with van der Waals surface area (Å²) in [5.74, 6) is 3.22. The van der Waals surface area contributed by atoms with Gasteiger partial charge in [-0.25, -0.2) is 4.98 Å². The van der Waals surface area contributed by atoms with Crippen LogP contribution in [0, 0.1) is 5.92 Å². The highest BCUT2D eigenvalue weighted by molar-refractivity contribution is 5.46. The minimum absolute atomic E-state index is 0.590. The van der Waals surface area contributed by atoms with Crippen LogP contribution in [0.15, 0.2) is 18.3 Å². The van der Waals surface area contributed by atoms with Gasteiger partial charge in [0.25, 0.3) is 0 Å². The Labute approximate surface area is 142 Å². The lowest BCUT2D eigenvalue weighted by molar-refractivity contribution is 0.424. The molecule has 4 rings (SSSR count). The van der Waals surface area contributed by atoms with E-state index < -0.39 is 0 Å². The highest BCUT2D eigenvalue weighted by atomic mass is 15.3. The molecule has 1 aliphatic carbocycles. The first-order valence-corrected chi connectivity index (χ1v) is 8.54. The van der Waals surface area contributed by atoms with Gasteiger partial charge in [-0.15, -0.1) is 5.10 Å². The average molecular weight is 325 g/mol. The second-order valence-electron chi connectivity index (χ2n) is 6.81. The molecule has 0 aromatic carbocycles. The van der Waals surface area contributed by atoms with Crippen molar-refractivity contribution in [1.29, 1.82) is 0 Å². The Bertz CT molecular complexity index is 725. The van der Waals surface area contributed by atoms with Crippen molar-refractivity contribution < 1.29 is 0 Å². The van der Waals surface area contributed by atoms with Crippen molar-refractivity contribution in [3.63, 3.8) is 0 Å². The van der Waals surface area contributed by atoms with E-state index >= 15 is 0 Å². The van der Waals surface area contributed by atoms with Gasteiger partial charge in [-0.3, -0.25) is 0 Å². The molecule has 7 heteroatoms. The standard InChI is InChI=1S/C17H23N7/c1-23(2)15-6-7-18-17(20-15)19-9-12-10-24(11-12)16-8-13-4-3-5-14(13)21-22-16/h6-8,12H,3-5,9-11H2,1-2H3,(H,18,19,20). The fourth-order valence-corrected chi connectivity index (χ4v) is 3.28. The predicted octanol–water partition coefficient (Wildman–Crippen LogP) is 1.37. The summed E-state index contributed by atoms with van der Waals surface area (Å²) in [6.45, 7) is 2.90. The van der Waals surface area contributed by atoms with Crippen LogP contribution in [0.5, 0.6) is 0 Å². The van der Waals surface area contributed by atoms with E-state index in [4.69, 9.17) is 0 Å². The van der Waals surface area contributed by atoms with Gasteiger partial charge in [-0.1, -0.05) is 0 Å². The number of nitrogens with one attached hydrogen (secondary N) is 1. The number of aromatic nitrogens is 4. The zero-order valence-electron chi connectivity index (χ0n) is 14.2. The Morgan fingerprint density at radius 2 is 2.12 bits per heavy atom. The molecule has 0 radical (unpaired) electrons. The van der Waals surface area contributed by atoms with E-state index in [-0.39, 0.29) is 0 Å². The summed E-state index contributed by atoms with van der Waals surface area (Å²) < 4.78 is 0. The number of aryl methyl sites for hydroxylation is 2. The smallest absolute Gasteiger partial charge is 0.224 e. The molecule has 2 aromatic rings. The minimum atomic E-state index is 0.590. The Morgan fingerprint density at radius 3 is 2.96 bits per heavy atom. The molecule has 1 N–H and O–H groups in total. The molecule has 1 saturated heterocycles. The maximum Gasteiger partial charge on any atom is 0.224 e. The number of anilines is 3. The van der Waals surface area contributed by atoms with Gasteiger partial charge in [-0.05, 0) is 37.0 Å². The Balaban J connectivity index is 1.30. The van der Waals surface area contributed by atoms with Crippen LogP contribution < -0.4 is 15.1 Å². The maximum atomic E-state index is 4.49. The second kappa shape index (κ2) is 6.22. The van der Waals surface area contributed by atoms with Crippen molar-refractivity contribution in [1.82, 2.24) is 20.2 Å². The zero-order valence-corrected chi connectivity index (χ0v) is 14.2. The molecule has 1 aliphatic heterocycles. The van der Waals surface area contributed by atoms with Crippen LogP contribution in [0.2, 0.25) is 0 Å². The minimum Gasteiger partial charge on any atom is -0.363 e. The number of hydrogen-bond donors (Lipinski definition) is 1. The van der Waals surface area contributed by atoms with E-state index in [1.165, 1.54) is 17.7 Å². The summed E-state index contributed by atoms with van der Waals surface area (Å²) in [5, 5.41) is 12.1. The molecular weight excluding hydrogens is 302 g/mol. The average Bonchev–Trinajstić information content (AvgIpc) is 3.01. The SMILES string of the molecule is CN(C)c1ccnc(NCC2CN(c3cc4c(nn3)CCC4)C2)n1. The third-order valence-electron chi connectivity index (χ3n) is 4.74. The van der Waals surface area contributed by atoms with Crippen LogP contribution in [0.1, 0.15) is 17.7 Å². The van der Waals surface area contributed by atoms with E-state index in [1.54, 1.807) is 6.20 Å². The van der Waals surface area contributed by atoms with Gasteiger partial charge in [0.1, 0.15) is 5.82 Å². The van der Waals surface area contributed by atoms with Gasteiger partial charge in [0, 0.05) is 45.8 Å².